The lowest BCUT2D eigenvalue weighted by molar-refractivity contribution is -0.236. The fraction of sp³-hybridized carbons (Fsp3) is 0.500. The van der Waals surface area contributed by atoms with Crippen molar-refractivity contribution in [1.82, 2.24) is 0 Å². The quantitative estimate of drug-likeness (QED) is 0.566. The van der Waals surface area contributed by atoms with Gasteiger partial charge in [0.15, 0.2) is 24.0 Å². The molecule has 5 rings (SSSR count). The molecule has 5 atom stereocenters. The van der Waals surface area contributed by atoms with E-state index in [1.54, 1.807) is 33.8 Å². The molecule has 0 radical (unpaired) electrons. The third-order valence-corrected chi connectivity index (χ3v) is 5.35. The van der Waals surface area contributed by atoms with E-state index in [1.807, 2.05) is 36.4 Å². The summed E-state index contributed by atoms with van der Waals surface area (Å²) in [6.07, 6.45) is -3.39. The van der Waals surface area contributed by atoms with Crippen LogP contribution < -0.4 is 4.74 Å². The first-order chi connectivity index (χ1) is 13.7. The number of esters is 1. The second-order valence-corrected chi connectivity index (χ2v) is 8.49. The fourth-order valence-electron chi connectivity index (χ4n) is 4.25. The summed E-state index contributed by atoms with van der Waals surface area (Å²) in [5.74, 6) is -1.80. The number of carbonyl (C=O) groups excluding carboxylic acids is 1. The maximum atomic E-state index is 13.1. The molecule has 154 valence electrons. The van der Waals surface area contributed by atoms with E-state index in [0.29, 0.717) is 5.75 Å². The normalized spacial score (nSPS) is 34.6. The molecule has 3 heterocycles. The van der Waals surface area contributed by atoms with Gasteiger partial charge in [0.1, 0.15) is 24.1 Å². The summed E-state index contributed by atoms with van der Waals surface area (Å²) >= 11 is 0. The molecule has 3 saturated heterocycles. The minimum absolute atomic E-state index is 0.470. The van der Waals surface area contributed by atoms with Crippen LogP contribution >= 0.6 is 0 Å². The molecule has 0 saturated carbocycles. The Morgan fingerprint density at radius 3 is 2.31 bits per heavy atom. The van der Waals surface area contributed by atoms with Crippen LogP contribution in [0.5, 0.6) is 5.75 Å². The summed E-state index contributed by atoms with van der Waals surface area (Å²) in [5.41, 5.74) is 0. The molecule has 0 aromatic heterocycles. The van der Waals surface area contributed by atoms with E-state index in [4.69, 9.17) is 28.4 Å². The van der Waals surface area contributed by atoms with Crippen LogP contribution in [0.4, 0.5) is 0 Å². The lowest BCUT2D eigenvalue weighted by Crippen LogP contribution is -2.58. The molecule has 1 unspecified atom stereocenters. The Hall–Kier alpha value is -2.03. The van der Waals surface area contributed by atoms with Crippen molar-refractivity contribution in [2.45, 2.75) is 70.0 Å². The Labute approximate surface area is 168 Å². The standard InChI is InChI=1S/C22H24O7/c1-21(2)26-15-16(27-21)18-20(29-22(3,4)28-18)25-17(15)19(23)24-14-11-7-9-12-8-5-6-10-13(12)14/h5-11,15-18,20H,1-4H3/t15-,16+,17?,18-,20-/m1/s1. The first kappa shape index (κ1) is 19.0. The molecule has 2 aromatic rings. The van der Waals surface area contributed by atoms with Crippen molar-refractivity contribution >= 4 is 16.7 Å². The molecule has 3 aliphatic rings. The Bertz CT molecular complexity index is 948. The van der Waals surface area contributed by atoms with Crippen molar-refractivity contribution in [3.8, 4) is 5.75 Å². The predicted molar refractivity (Wildman–Crippen MR) is 102 cm³/mol. The molecule has 3 fully saturated rings. The highest BCUT2D eigenvalue weighted by Crippen LogP contribution is 2.44. The SMILES string of the molecule is CC1(C)O[C@H]2OC(C(=O)Oc3cccc4ccccc34)[C@@H]3OC(C)(C)O[C@@H]3[C@H]2O1. The summed E-state index contributed by atoms with van der Waals surface area (Å²) in [5, 5.41) is 1.83. The lowest BCUT2D eigenvalue weighted by atomic mass is 9.99. The van der Waals surface area contributed by atoms with Crippen molar-refractivity contribution in [1.29, 1.82) is 0 Å². The van der Waals surface area contributed by atoms with Crippen LogP contribution in [0.2, 0.25) is 0 Å². The predicted octanol–water partition coefficient (Wildman–Crippen LogP) is 3.14. The van der Waals surface area contributed by atoms with Gasteiger partial charge in [0, 0.05) is 5.39 Å². The Kier molecular flexibility index (Phi) is 4.24. The van der Waals surface area contributed by atoms with Crippen molar-refractivity contribution in [3.05, 3.63) is 42.5 Å². The van der Waals surface area contributed by atoms with E-state index >= 15 is 0 Å². The van der Waals surface area contributed by atoms with Crippen LogP contribution in [0.3, 0.4) is 0 Å². The second-order valence-electron chi connectivity index (χ2n) is 8.49. The number of hydrogen-bond donors (Lipinski definition) is 0. The summed E-state index contributed by atoms with van der Waals surface area (Å²) in [4.78, 5) is 13.1. The highest BCUT2D eigenvalue weighted by atomic mass is 16.9. The topological polar surface area (TPSA) is 72.5 Å². The van der Waals surface area contributed by atoms with Gasteiger partial charge in [0.2, 0.25) is 0 Å². The van der Waals surface area contributed by atoms with E-state index < -0.39 is 48.2 Å². The molecule has 7 heteroatoms. The second kappa shape index (κ2) is 6.48. The zero-order chi connectivity index (χ0) is 20.4. The number of hydrogen-bond acceptors (Lipinski definition) is 7. The van der Waals surface area contributed by atoms with Gasteiger partial charge in [0.25, 0.3) is 0 Å². The molecule has 3 aliphatic heterocycles. The van der Waals surface area contributed by atoms with Gasteiger partial charge in [-0.3, -0.25) is 0 Å². The summed E-state index contributed by atoms with van der Waals surface area (Å²) in [6, 6.07) is 13.3. The number of ether oxygens (including phenoxy) is 6. The van der Waals surface area contributed by atoms with Crippen LogP contribution in [0, 0.1) is 0 Å². The number of fused-ring (bicyclic) bond motifs is 4. The molecule has 2 aromatic carbocycles. The molecule has 29 heavy (non-hydrogen) atoms. The van der Waals surface area contributed by atoms with Crippen molar-refractivity contribution in [2.75, 3.05) is 0 Å². The number of rotatable bonds is 2. The highest BCUT2D eigenvalue weighted by Gasteiger charge is 2.62. The molecule has 0 aliphatic carbocycles. The molecule has 0 bridgehead atoms. The molecule has 0 amide bonds. The van der Waals surface area contributed by atoms with Crippen LogP contribution in [0.15, 0.2) is 42.5 Å². The van der Waals surface area contributed by atoms with E-state index in [-0.39, 0.29) is 0 Å². The van der Waals surface area contributed by atoms with Gasteiger partial charge in [0.05, 0.1) is 0 Å². The first-order valence-electron chi connectivity index (χ1n) is 9.79. The Morgan fingerprint density at radius 2 is 1.48 bits per heavy atom. The maximum absolute atomic E-state index is 13.1. The first-order valence-corrected chi connectivity index (χ1v) is 9.79. The van der Waals surface area contributed by atoms with Gasteiger partial charge >= 0.3 is 5.97 Å². The molecule has 0 N–H and O–H groups in total. The van der Waals surface area contributed by atoms with Crippen molar-refractivity contribution in [3.63, 3.8) is 0 Å². The lowest BCUT2D eigenvalue weighted by Gasteiger charge is -2.35. The fourth-order valence-corrected chi connectivity index (χ4v) is 4.25. The monoisotopic (exact) mass is 400 g/mol. The van der Waals surface area contributed by atoms with Gasteiger partial charge in [-0.15, -0.1) is 0 Å². The van der Waals surface area contributed by atoms with Crippen LogP contribution in [-0.2, 0) is 28.5 Å². The number of carbonyl (C=O) groups is 1. The summed E-state index contributed by atoms with van der Waals surface area (Å²) < 4.78 is 35.6. The van der Waals surface area contributed by atoms with Gasteiger partial charge in [-0.2, -0.15) is 0 Å². The zero-order valence-electron chi connectivity index (χ0n) is 16.8. The Balaban J connectivity index is 1.44. The summed E-state index contributed by atoms with van der Waals surface area (Å²) in [7, 11) is 0. The van der Waals surface area contributed by atoms with Crippen LogP contribution in [0.1, 0.15) is 27.7 Å². The Morgan fingerprint density at radius 1 is 0.828 bits per heavy atom. The van der Waals surface area contributed by atoms with E-state index in [2.05, 4.69) is 0 Å². The average Bonchev–Trinajstić information content (AvgIpc) is 3.15. The number of benzene rings is 2. The zero-order valence-corrected chi connectivity index (χ0v) is 16.8. The minimum atomic E-state index is -1.00. The maximum Gasteiger partial charge on any atom is 0.343 e. The van der Waals surface area contributed by atoms with E-state index in [9.17, 15) is 4.79 Å². The van der Waals surface area contributed by atoms with E-state index in [1.165, 1.54) is 0 Å². The van der Waals surface area contributed by atoms with Gasteiger partial charge < -0.3 is 28.4 Å². The third-order valence-electron chi connectivity index (χ3n) is 5.35. The summed E-state index contributed by atoms with van der Waals surface area (Å²) in [6.45, 7) is 7.20. The highest BCUT2D eigenvalue weighted by molar-refractivity contribution is 5.91. The van der Waals surface area contributed by atoms with Gasteiger partial charge in [-0.05, 0) is 39.1 Å². The minimum Gasteiger partial charge on any atom is -0.424 e. The molecular weight excluding hydrogens is 376 g/mol. The average molecular weight is 400 g/mol. The molecule has 7 nitrogen and oxygen atoms in total. The van der Waals surface area contributed by atoms with Crippen molar-refractivity contribution in [2.24, 2.45) is 0 Å². The molecular formula is C22H24O7. The van der Waals surface area contributed by atoms with Gasteiger partial charge in [-0.1, -0.05) is 36.4 Å². The van der Waals surface area contributed by atoms with Crippen LogP contribution in [-0.4, -0.2) is 48.2 Å². The van der Waals surface area contributed by atoms with Crippen molar-refractivity contribution < 1.29 is 33.2 Å². The smallest absolute Gasteiger partial charge is 0.343 e. The van der Waals surface area contributed by atoms with Crippen LogP contribution in [0.25, 0.3) is 10.8 Å². The molecule has 0 spiro atoms. The largest absolute Gasteiger partial charge is 0.424 e. The van der Waals surface area contributed by atoms with E-state index in [0.717, 1.165) is 10.8 Å². The third kappa shape index (κ3) is 3.33. The van der Waals surface area contributed by atoms with Gasteiger partial charge in [-0.25, -0.2) is 4.79 Å².